The Kier molecular flexibility index (Phi) is 7.29. The third kappa shape index (κ3) is 5.83. The number of ether oxygens (including phenoxy) is 1. The molecule has 0 unspecified atom stereocenters. The predicted molar refractivity (Wildman–Crippen MR) is 115 cm³/mol. The second-order valence-electron chi connectivity index (χ2n) is 7.47. The van der Waals surface area contributed by atoms with Crippen LogP contribution in [-0.4, -0.2) is 49.4 Å². The summed E-state index contributed by atoms with van der Waals surface area (Å²) in [5.74, 6) is -1.28. The number of benzene rings is 2. The maximum absolute atomic E-state index is 13.1. The van der Waals surface area contributed by atoms with Crippen LogP contribution in [0.25, 0.3) is 0 Å². The minimum atomic E-state index is -3.66. The third-order valence-corrected chi connectivity index (χ3v) is 7.13. The minimum Gasteiger partial charge on any atom is -0.508 e. The quantitative estimate of drug-likeness (QED) is 0.660. The molecular formula is C22H26N2O6S. The van der Waals surface area contributed by atoms with E-state index >= 15 is 0 Å². The Labute approximate surface area is 181 Å². The van der Waals surface area contributed by atoms with Crippen LogP contribution in [0.4, 0.5) is 5.69 Å². The van der Waals surface area contributed by atoms with E-state index in [0.29, 0.717) is 24.3 Å². The van der Waals surface area contributed by atoms with Gasteiger partial charge in [0.05, 0.1) is 10.5 Å². The van der Waals surface area contributed by atoms with Gasteiger partial charge in [-0.25, -0.2) is 13.2 Å². The summed E-state index contributed by atoms with van der Waals surface area (Å²) in [5, 5.41) is 11.8. The summed E-state index contributed by atoms with van der Waals surface area (Å²) in [6.45, 7) is 2.18. The van der Waals surface area contributed by atoms with Crippen LogP contribution in [0.15, 0.2) is 47.4 Å². The second-order valence-corrected chi connectivity index (χ2v) is 9.38. The van der Waals surface area contributed by atoms with E-state index < -0.39 is 28.5 Å². The summed E-state index contributed by atoms with van der Waals surface area (Å²) < 4.78 is 32.7. The Morgan fingerprint density at radius 3 is 2.32 bits per heavy atom. The van der Waals surface area contributed by atoms with Crippen LogP contribution in [0.1, 0.15) is 41.6 Å². The van der Waals surface area contributed by atoms with Gasteiger partial charge in [-0.2, -0.15) is 4.31 Å². The van der Waals surface area contributed by atoms with E-state index in [1.54, 1.807) is 19.1 Å². The van der Waals surface area contributed by atoms with Crippen molar-refractivity contribution in [3.05, 3.63) is 53.6 Å². The summed E-state index contributed by atoms with van der Waals surface area (Å²) in [4.78, 5) is 24.3. The Morgan fingerprint density at radius 1 is 1.03 bits per heavy atom. The Morgan fingerprint density at radius 2 is 1.68 bits per heavy atom. The highest BCUT2D eigenvalue weighted by atomic mass is 32.2. The van der Waals surface area contributed by atoms with Gasteiger partial charge in [0.15, 0.2) is 6.61 Å². The number of carbonyl (C=O) groups excluding carboxylic acids is 2. The lowest BCUT2D eigenvalue weighted by atomic mass is 10.2. The number of amides is 1. The van der Waals surface area contributed by atoms with Crippen molar-refractivity contribution in [2.45, 2.75) is 37.5 Å². The zero-order valence-electron chi connectivity index (χ0n) is 17.3. The molecule has 0 bridgehead atoms. The zero-order chi connectivity index (χ0) is 22.4. The Hall–Kier alpha value is -2.91. The van der Waals surface area contributed by atoms with Crippen molar-refractivity contribution >= 4 is 27.6 Å². The smallest absolute Gasteiger partial charge is 0.338 e. The minimum absolute atomic E-state index is 0.0135. The first-order valence-corrected chi connectivity index (χ1v) is 11.6. The SMILES string of the molecule is Cc1ccc(NC(=O)COC(=O)c2ccc(O)cc2)cc1S(=O)(=O)N1CCCCCC1. The van der Waals surface area contributed by atoms with Crippen LogP contribution in [0.5, 0.6) is 5.75 Å². The monoisotopic (exact) mass is 446 g/mol. The summed E-state index contributed by atoms with van der Waals surface area (Å²) in [6, 6.07) is 10.1. The number of carbonyl (C=O) groups is 2. The van der Waals surface area contributed by atoms with E-state index in [2.05, 4.69) is 5.32 Å². The molecule has 2 aromatic carbocycles. The van der Waals surface area contributed by atoms with Crippen molar-refractivity contribution in [2.24, 2.45) is 0 Å². The first kappa shape index (κ1) is 22.8. The van der Waals surface area contributed by atoms with Crippen molar-refractivity contribution < 1.29 is 27.9 Å². The number of nitrogens with zero attached hydrogens (tertiary/aromatic N) is 1. The van der Waals surface area contributed by atoms with Crippen LogP contribution in [0, 0.1) is 6.92 Å². The van der Waals surface area contributed by atoms with Crippen molar-refractivity contribution in [3.8, 4) is 5.75 Å². The second kappa shape index (κ2) is 9.93. The number of aromatic hydroxyl groups is 1. The first-order chi connectivity index (χ1) is 14.8. The predicted octanol–water partition coefficient (Wildman–Crippen LogP) is 3.06. The van der Waals surface area contributed by atoms with Gasteiger partial charge >= 0.3 is 5.97 Å². The fraction of sp³-hybridized carbons (Fsp3) is 0.364. The standard InChI is InChI=1S/C22H26N2O6S/c1-16-6-9-18(14-20(16)31(28,29)24-12-4-2-3-5-13-24)23-21(26)15-30-22(27)17-7-10-19(25)11-8-17/h6-11,14,25H,2-5,12-13,15H2,1H3,(H,23,26). The fourth-order valence-electron chi connectivity index (χ4n) is 3.39. The average molecular weight is 447 g/mol. The van der Waals surface area contributed by atoms with E-state index in [1.807, 2.05) is 0 Å². The summed E-state index contributed by atoms with van der Waals surface area (Å²) in [5.41, 5.74) is 1.11. The summed E-state index contributed by atoms with van der Waals surface area (Å²) >= 11 is 0. The van der Waals surface area contributed by atoms with Gasteiger partial charge in [-0.3, -0.25) is 4.79 Å². The van der Waals surface area contributed by atoms with Gasteiger partial charge < -0.3 is 15.2 Å². The summed E-state index contributed by atoms with van der Waals surface area (Å²) in [7, 11) is -3.66. The third-order valence-electron chi connectivity index (χ3n) is 5.09. The van der Waals surface area contributed by atoms with Crippen LogP contribution in [0.2, 0.25) is 0 Å². The Balaban J connectivity index is 1.66. The van der Waals surface area contributed by atoms with Crippen molar-refractivity contribution in [3.63, 3.8) is 0 Å². The molecule has 0 radical (unpaired) electrons. The molecule has 1 aliphatic heterocycles. The Bertz CT molecular complexity index is 1040. The van der Waals surface area contributed by atoms with E-state index in [4.69, 9.17) is 4.74 Å². The number of rotatable bonds is 6. The molecule has 1 fully saturated rings. The van der Waals surface area contributed by atoms with E-state index in [9.17, 15) is 23.1 Å². The molecule has 2 N–H and O–H groups in total. The number of anilines is 1. The molecule has 0 aliphatic carbocycles. The number of nitrogens with one attached hydrogen (secondary N) is 1. The number of aryl methyl sites for hydroxylation is 1. The molecule has 0 spiro atoms. The molecule has 0 atom stereocenters. The molecule has 166 valence electrons. The highest BCUT2D eigenvalue weighted by Crippen LogP contribution is 2.26. The number of phenolic OH excluding ortho intramolecular Hbond substituents is 1. The van der Waals surface area contributed by atoms with Crippen LogP contribution in [0.3, 0.4) is 0 Å². The number of phenols is 1. The van der Waals surface area contributed by atoms with Gasteiger partial charge in [0.25, 0.3) is 5.91 Å². The lowest BCUT2D eigenvalue weighted by Crippen LogP contribution is -2.32. The van der Waals surface area contributed by atoms with Crippen molar-refractivity contribution in [2.75, 3.05) is 25.0 Å². The van der Waals surface area contributed by atoms with E-state index in [-0.39, 0.29) is 16.2 Å². The number of sulfonamides is 1. The average Bonchev–Trinajstić information content (AvgIpc) is 3.04. The molecule has 1 saturated heterocycles. The lowest BCUT2D eigenvalue weighted by Gasteiger charge is -2.21. The lowest BCUT2D eigenvalue weighted by molar-refractivity contribution is -0.119. The fourth-order valence-corrected chi connectivity index (χ4v) is 5.15. The van der Waals surface area contributed by atoms with Gasteiger partial charge in [-0.05, 0) is 61.7 Å². The van der Waals surface area contributed by atoms with E-state index in [0.717, 1.165) is 25.7 Å². The maximum atomic E-state index is 13.1. The molecule has 0 saturated carbocycles. The van der Waals surface area contributed by atoms with Gasteiger partial charge in [-0.1, -0.05) is 18.9 Å². The molecule has 0 aromatic heterocycles. The van der Waals surface area contributed by atoms with Gasteiger partial charge in [0.2, 0.25) is 10.0 Å². The maximum Gasteiger partial charge on any atom is 0.338 e. The zero-order valence-corrected chi connectivity index (χ0v) is 18.2. The molecule has 1 aliphatic rings. The van der Waals surface area contributed by atoms with Gasteiger partial charge in [-0.15, -0.1) is 0 Å². The number of hydrogen-bond donors (Lipinski definition) is 2. The molecule has 31 heavy (non-hydrogen) atoms. The number of esters is 1. The van der Waals surface area contributed by atoms with Crippen molar-refractivity contribution in [1.29, 1.82) is 0 Å². The molecule has 1 heterocycles. The number of hydrogen-bond acceptors (Lipinski definition) is 6. The van der Waals surface area contributed by atoms with Crippen LogP contribution < -0.4 is 5.32 Å². The normalized spacial score (nSPS) is 15.1. The topological polar surface area (TPSA) is 113 Å². The first-order valence-electron chi connectivity index (χ1n) is 10.1. The van der Waals surface area contributed by atoms with Crippen LogP contribution in [-0.2, 0) is 19.6 Å². The molecule has 9 heteroatoms. The molecule has 8 nitrogen and oxygen atoms in total. The largest absolute Gasteiger partial charge is 0.508 e. The highest BCUT2D eigenvalue weighted by molar-refractivity contribution is 7.89. The highest BCUT2D eigenvalue weighted by Gasteiger charge is 2.27. The van der Waals surface area contributed by atoms with Gasteiger partial charge in [0.1, 0.15) is 5.75 Å². The molecule has 2 aromatic rings. The van der Waals surface area contributed by atoms with Crippen LogP contribution >= 0.6 is 0 Å². The molecule has 1 amide bonds. The van der Waals surface area contributed by atoms with E-state index in [1.165, 1.54) is 34.6 Å². The summed E-state index contributed by atoms with van der Waals surface area (Å²) in [6.07, 6.45) is 3.70. The van der Waals surface area contributed by atoms with Crippen molar-refractivity contribution in [1.82, 2.24) is 4.31 Å². The molecular weight excluding hydrogens is 420 g/mol. The molecule has 3 rings (SSSR count). The van der Waals surface area contributed by atoms with Gasteiger partial charge in [0, 0.05) is 18.8 Å².